The van der Waals surface area contributed by atoms with E-state index in [1.807, 2.05) is 18.2 Å². The summed E-state index contributed by atoms with van der Waals surface area (Å²) in [5.74, 6) is 1.23. The average molecular weight is 313 g/mol. The quantitative estimate of drug-likeness (QED) is 0.939. The van der Waals surface area contributed by atoms with Crippen LogP contribution in [0.4, 0.5) is 0 Å². The Morgan fingerprint density at radius 2 is 1.75 bits per heavy atom. The molecule has 0 aliphatic rings. The van der Waals surface area contributed by atoms with E-state index in [1.165, 1.54) is 6.20 Å². The predicted molar refractivity (Wildman–Crippen MR) is 79.8 cm³/mol. The first kappa shape index (κ1) is 14.9. The molecule has 2 N–H and O–H groups in total. The van der Waals surface area contributed by atoms with Crippen LogP contribution in [0.25, 0.3) is 0 Å². The summed E-state index contributed by atoms with van der Waals surface area (Å²) in [7, 11) is 3.14. The molecule has 0 aliphatic heterocycles. The van der Waals surface area contributed by atoms with Crippen molar-refractivity contribution in [3.8, 4) is 11.5 Å². The van der Waals surface area contributed by atoms with Crippen LogP contribution in [0, 0.1) is 0 Å². The van der Waals surface area contributed by atoms with Gasteiger partial charge in [0.15, 0.2) is 0 Å². The fourth-order valence-corrected chi connectivity index (χ4v) is 2.47. The van der Waals surface area contributed by atoms with Gasteiger partial charge in [-0.15, -0.1) is 0 Å². The van der Waals surface area contributed by atoms with Crippen molar-refractivity contribution >= 4 is 23.2 Å². The molecule has 20 heavy (non-hydrogen) atoms. The van der Waals surface area contributed by atoms with Gasteiger partial charge in [-0.05, 0) is 18.2 Å². The minimum absolute atomic E-state index is 0.401. The van der Waals surface area contributed by atoms with E-state index in [1.54, 1.807) is 20.3 Å². The van der Waals surface area contributed by atoms with E-state index in [4.69, 9.17) is 38.4 Å². The molecule has 1 atom stereocenters. The number of nitrogens with zero attached hydrogens (tertiary/aromatic N) is 1. The molecule has 0 saturated heterocycles. The molecule has 0 spiro atoms. The van der Waals surface area contributed by atoms with E-state index >= 15 is 0 Å². The third-order valence-corrected chi connectivity index (χ3v) is 3.42. The monoisotopic (exact) mass is 312 g/mol. The van der Waals surface area contributed by atoms with Crippen LogP contribution in [-0.4, -0.2) is 19.2 Å². The van der Waals surface area contributed by atoms with Crippen LogP contribution in [0.2, 0.25) is 10.0 Å². The normalized spacial score (nSPS) is 12.1. The summed E-state index contributed by atoms with van der Waals surface area (Å²) in [5.41, 5.74) is 7.47. The Bertz CT molecular complexity index is 598. The first-order valence-electron chi connectivity index (χ1n) is 5.86. The van der Waals surface area contributed by atoms with Crippen LogP contribution in [0.1, 0.15) is 17.3 Å². The van der Waals surface area contributed by atoms with Gasteiger partial charge in [-0.1, -0.05) is 29.3 Å². The van der Waals surface area contributed by atoms with Crippen molar-refractivity contribution in [3.05, 3.63) is 51.8 Å². The van der Waals surface area contributed by atoms with E-state index in [-0.39, 0.29) is 0 Å². The summed E-state index contributed by atoms with van der Waals surface area (Å²) < 4.78 is 10.7. The van der Waals surface area contributed by atoms with Gasteiger partial charge < -0.3 is 15.2 Å². The number of pyridine rings is 1. The summed E-state index contributed by atoms with van der Waals surface area (Å²) in [6, 6.07) is 6.46. The van der Waals surface area contributed by atoms with Crippen molar-refractivity contribution in [2.45, 2.75) is 6.04 Å². The lowest BCUT2D eigenvalue weighted by molar-refractivity contribution is 0.382. The number of rotatable bonds is 4. The van der Waals surface area contributed by atoms with Gasteiger partial charge in [0, 0.05) is 6.20 Å². The molecular formula is C14H14Cl2N2O2. The lowest BCUT2D eigenvalue weighted by atomic mass is 10.0. The summed E-state index contributed by atoms with van der Waals surface area (Å²) in [6.45, 7) is 0. The lowest BCUT2D eigenvalue weighted by Gasteiger charge is -2.19. The zero-order valence-corrected chi connectivity index (χ0v) is 12.6. The number of aromatic nitrogens is 1. The third kappa shape index (κ3) is 2.82. The molecule has 6 heteroatoms. The predicted octanol–water partition coefficient (Wildman–Crippen LogP) is 3.45. The fourth-order valence-electron chi connectivity index (χ4n) is 1.98. The van der Waals surface area contributed by atoms with Gasteiger partial charge in [0.1, 0.15) is 11.5 Å². The highest BCUT2D eigenvalue weighted by Crippen LogP contribution is 2.37. The molecule has 2 rings (SSSR count). The Kier molecular flexibility index (Phi) is 4.70. The van der Waals surface area contributed by atoms with Crippen molar-refractivity contribution in [1.82, 2.24) is 4.98 Å². The Labute approximate surface area is 127 Å². The van der Waals surface area contributed by atoms with E-state index in [0.717, 1.165) is 0 Å². The van der Waals surface area contributed by atoms with Crippen molar-refractivity contribution in [1.29, 1.82) is 0 Å². The number of halogens is 2. The third-order valence-electron chi connectivity index (χ3n) is 2.91. The first-order valence-corrected chi connectivity index (χ1v) is 6.61. The highest BCUT2D eigenvalue weighted by Gasteiger charge is 2.22. The number of nitrogens with two attached hydrogens (primary N) is 1. The largest absolute Gasteiger partial charge is 0.496 e. The molecule has 0 bridgehead atoms. The molecule has 0 saturated carbocycles. The maximum atomic E-state index is 6.27. The second kappa shape index (κ2) is 6.31. The Morgan fingerprint density at radius 1 is 1.15 bits per heavy atom. The maximum absolute atomic E-state index is 6.27. The topological polar surface area (TPSA) is 57.4 Å². The van der Waals surface area contributed by atoms with Crippen LogP contribution >= 0.6 is 23.2 Å². The molecule has 1 heterocycles. The number of benzene rings is 1. The lowest BCUT2D eigenvalue weighted by Crippen LogP contribution is -2.16. The number of hydrogen-bond acceptors (Lipinski definition) is 4. The molecule has 1 aromatic heterocycles. The van der Waals surface area contributed by atoms with Crippen molar-refractivity contribution in [2.75, 3.05) is 14.2 Å². The van der Waals surface area contributed by atoms with E-state index in [9.17, 15) is 0 Å². The van der Waals surface area contributed by atoms with Gasteiger partial charge in [0.2, 0.25) is 0 Å². The highest BCUT2D eigenvalue weighted by molar-refractivity contribution is 6.34. The Morgan fingerprint density at radius 3 is 2.25 bits per heavy atom. The van der Waals surface area contributed by atoms with Gasteiger partial charge in [0.25, 0.3) is 0 Å². The standard InChI is InChI=1S/C14H14Cl2N2O2/c1-19-10-4-3-5-11(20-2)12(10)13(17)14-9(16)6-8(15)7-18-14/h3-7,13H,17H2,1-2H3. The van der Waals surface area contributed by atoms with E-state index < -0.39 is 6.04 Å². The summed E-state index contributed by atoms with van der Waals surface area (Å²) in [4.78, 5) is 4.20. The second-order valence-electron chi connectivity index (χ2n) is 4.07. The molecule has 1 unspecified atom stereocenters. The van der Waals surface area contributed by atoms with Crippen LogP contribution < -0.4 is 15.2 Å². The summed E-state index contributed by atoms with van der Waals surface area (Å²) >= 11 is 12.0. The Hall–Kier alpha value is -1.49. The molecule has 2 aromatic rings. The molecule has 106 valence electrons. The molecule has 4 nitrogen and oxygen atoms in total. The molecule has 0 fully saturated rings. The van der Waals surface area contributed by atoms with E-state index in [2.05, 4.69) is 4.98 Å². The van der Waals surface area contributed by atoms with Crippen molar-refractivity contribution < 1.29 is 9.47 Å². The minimum Gasteiger partial charge on any atom is -0.496 e. The van der Waals surface area contributed by atoms with Crippen molar-refractivity contribution in [2.24, 2.45) is 5.73 Å². The zero-order valence-electron chi connectivity index (χ0n) is 11.1. The van der Waals surface area contributed by atoms with Gasteiger partial charge in [-0.25, -0.2) is 0 Å². The average Bonchev–Trinajstić information content (AvgIpc) is 2.45. The highest BCUT2D eigenvalue weighted by atomic mass is 35.5. The van der Waals surface area contributed by atoms with Crippen LogP contribution in [0.15, 0.2) is 30.5 Å². The number of methoxy groups -OCH3 is 2. The molecule has 0 aliphatic carbocycles. The van der Waals surface area contributed by atoms with Gasteiger partial charge in [0.05, 0.1) is 41.6 Å². The fraction of sp³-hybridized carbons (Fsp3) is 0.214. The summed E-state index contributed by atoms with van der Waals surface area (Å²) in [5, 5.41) is 0.857. The Balaban J connectivity index is 2.55. The van der Waals surface area contributed by atoms with Crippen molar-refractivity contribution in [3.63, 3.8) is 0 Å². The number of hydrogen-bond donors (Lipinski definition) is 1. The summed E-state index contributed by atoms with van der Waals surface area (Å²) in [6.07, 6.45) is 1.50. The SMILES string of the molecule is COc1cccc(OC)c1C(N)c1ncc(Cl)cc1Cl. The van der Waals surface area contributed by atoms with Crippen LogP contribution in [-0.2, 0) is 0 Å². The molecule has 1 aromatic carbocycles. The zero-order chi connectivity index (χ0) is 14.7. The molecular weight excluding hydrogens is 299 g/mol. The smallest absolute Gasteiger partial charge is 0.127 e. The van der Waals surface area contributed by atoms with Crippen LogP contribution in [0.3, 0.4) is 0 Å². The van der Waals surface area contributed by atoms with Gasteiger partial charge in [-0.3, -0.25) is 4.98 Å². The van der Waals surface area contributed by atoms with Crippen LogP contribution in [0.5, 0.6) is 11.5 Å². The molecule has 0 amide bonds. The van der Waals surface area contributed by atoms with E-state index in [0.29, 0.717) is 32.8 Å². The molecule has 0 radical (unpaired) electrons. The first-order chi connectivity index (χ1) is 9.58. The maximum Gasteiger partial charge on any atom is 0.127 e. The van der Waals surface area contributed by atoms with Gasteiger partial charge >= 0.3 is 0 Å². The minimum atomic E-state index is -0.578. The number of ether oxygens (including phenoxy) is 2. The van der Waals surface area contributed by atoms with Gasteiger partial charge in [-0.2, -0.15) is 0 Å². The second-order valence-corrected chi connectivity index (χ2v) is 4.92.